The third-order valence-electron chi connectivity index (χ3n) is 2.86. The normalized spacial score (nSPS) is 11.5. The first kappa shape index (κ1) is 15.5. The molecule has 0 saturated heterocycles. The van der Waals surface area contributed by atoms with Crippen LogP contribution in [0.15, 0.2) is 39.8 Å². The minimum absolute atomic E-state index is 0.107. The fraction of sp³-hybridized carbons (Fsp3) is 0.357. The van der Waals surface area contributed by atoms with Crippen molar-refractivity contribution in [2.24, 2.45) is 0 Å². The number of rotatable bonds is 7. The standard InChI is InChI=1S/C14H19N3O3S/c1-3-8-15-12-4-6-14(7-5-12)21(18,19)16-10-13-9-11(2)20-17-13/h4-7,9,15-16H,3,8,10H2,1-2H3. The van der Waals surface area contributed by atoms with Crippen LogP contribution in [0.4, 0.5) is 5.69 Å². The van der Waals surface area contributed by atoms with Gasteiger partial charge in [0, 0.05) is 18.3 Å². The summed E-state index contributed by atoms with van der Waals surface area (Å²) in [5.74, 6) is 0.649. The van der Waals surface area contributed by atoms with Crippen molar-refractivity contribution in [3.63, 3.8) is 0 Å². The lowest BCUT2D eigenvalue weighted by molar-refractivity contribution is 0.390. The highest BCUT2D eigenvalue weighted by Crippen LogP contribution is 2.14. The molecule has 2 rings (SSSR count). The van der Waals surface area contributed by atoms with Gasteiger partial charge in [-0.05, 0) is 37.6 Å². The second-order valence-corrected chi connectivity index (χ2v) is 6.47. The minimum atomic E-state index is -3.55. The van der Waals surface area contributed by atoms with Crippen LogP contribution in [0.2, 0.25) is 0 Å². The lowest BCUT2D eigenvalue weighted by Gasteiger charge is -2.07. The van der Waals surface area contributed by atoms with Gasteiger partial charge in [-0.2, -0.15) is 0 Å². The molecule has 1 heterocycles. The van der Waals surface area contributed by atoms with Crippen LogP contribution in [0.1, 0.15) is 24.8 Å². The van der Waals surface area contributed by atoms with Crippen molar-refractivity contribution < 1.29 is 12.9 Å². The number of hydrogen-bond acceptors (Lipinski definition) is 5. The summed E-state index contributed by atoms with van der Waals surface area (Å²) in [4.78, 5) is 0.227. The highest BCUT2D eigenvalue weighted by atomic mass is 32.2. The number of nitrogens with zero attached hydrogens (tertiary/aromatic N) is 1. The van der Waals surface area contributed by atoms with Crippen LogP contribution in [-0.2, 0) is 16.6 Å². The van der Waals surface area contributed by atoms with Crippen molar-refractivity contribution in [1.29, 1.82) is 0 Å². The zero-order valence-corrected chi connectivity index (χ0v) is 12.9. The average Bonchev–Trinajstić information content (AvgIpc) is 2.89. The van der Waals surface area contributed by atoms with Crippen molar-refractivity contribution in [1.82, 2.24) is 9.88 Å². The van der Waals surface area contributed by atoms with Gasteiger partial charge in [0.1, 0.15) is 5.76 Å². The molecule has 0 aliphatic carbocycles. The molecule has 0 amide bonds. The first-order chi connectivity index (χ1) is 10.0. The Bertz CT molecular complexity index is 678. The summed E-state index contributed by atoms with van der Waals surface area (Å²) in [5.41, 5.74) is 1.46. The zero-order chi connectivity index (χ0) is 15.3. The highest BCUT2D eigenvalue weighted by molar-refractivity contribution is 7.89. The van der Waals surface area contributed by atoms with E-state index >= 15 is 0 Å². The van der Waals surface area contributed by atoms with E-state index in [2.05, 4.69) is 22.1 Å². The summed E-state index contributed by atoms with van der Waals surface area (Å²) >= 11 is 0. The first-order valence-electron chi connectivity index (χ1n) is 6.77. The molecule has 0 unspecified atom stereocenters. The maximum absolute atomic E-state index is 12.1. The van der Waals surface area contributed by atoms with Crippen LogP contribution in [0, 0.1) is 6.92 Å². The van der Waals surface area contributed by atoms with Gasteiger partial charge in [0.15, 0.2) is 0 Å². The third-order valence-corrected chi connectivity index (χ3v) is 4.28. The average molecular weight is 309 g/mol. The summed E-state index contributed by atoms with van der Waals surface area (Å²) in [5, 5.41) is 6.94. The van der Waals surface area contributed by atoms with Gasteiger partial charge >= 0.3 is 0 Å². The first-order valence-corrected chi connectivity index (χ1v) is 8.25. The van der Waals surface area contributed by atoms with Gasteiger partial charge in [0.05, 0.1) is 17.1 Å². The van der Waals surface area contributed by atoms with E-state index in [0.717, 1.165) is 18.7 Å². The monoisotopic (exact) mass is 309 g/mol. The maximum atomic E-state index is 12.1. The predicted molar refractivity (Wildman–Crippen MR) is 80.5 cm³/mol. The van der Waals surface area contributed by atoms with E-state index in [1.54, 1.807) is 37.3 Å². The number of aryl methyl sites for hydroxylation is 1. The van der Waals surface area contributed by atoms with Gasteiger partial charge in [0.2, 0.25) is 10.0 Å². The Morgan fingerprint density at radius 3 is 2.52 bits per heavy atom. The number of aromatic nitrogens is 1. The molecule has 6 nitrogen and oxygen atoms in total. The van der Waals surface area contributed by atoms with Crippen LogP contribution in [0.5, 0.6) is 0 Å². The Labute approximate surface area is 124 Å². The molecule has 7 heteroatoms. The molecule has 2 N–H and O–H groups in total. The molecule has 1 aromatic carbocycles. The van der Waals surface area contributed by atoms with Crippen molar-refractivity contribution in [3.8, 4) is 0 Å². The highest BCUT2D eigenvalue weighted by Gasteiger charge is 2.14. The van der Waals surface area contributed by atoms with Gasteiger partial charge in [-0.15, -0.1) is 0 Å². The van der Waals surface area contributed by atoms with E-state index in [-0.39, 0.29) is 11.4 Å². The van der Waals surface area contributed by atoms with Crippen molar-refractivity contribution in [3.05, 3.63) is 41.8 Å². The Balaban J connectivity index is 2.01. The van der Waals surface area contributed by atoms with Gasteiger partial charge in [0.25, 0.3) is 0 Å². The Morgan fingerprint density at radius 2 is 1.95 bits per heavy atom. The van der Waals surface area contributed by atoms with Crippen LogP contribution in [0.3, 0.4) is 0 Å². The quantitative estimate of drug-likeness (QED) is 0.819. The number of sulfonamides is 1. The molecule has 0 fully saturated rings. The molecular weight excluding hydrogens is 290 g/mol. The van der Waals surface area contributed by atoms with Gasteiger partial charge in [-0.1, -0.05) is 12.1 Å². The zero-order valence-electron chi connectivity index (χ0n) is 12.1. The van der Waals surface area contributed by atoms with E-state index in [9.17, 15) is 8.42 Å². The fourth-order valence-corrected chi connectivity index (χ4v) is 2.77. The Morgan fingerprint density at radius 1 is 1.24 bits per heavy atom. The molecule has 114 valence electrons. The number of nitrogens with one attached hydrogen (secondary N) is 2. The largest absolute Gasteiger partial charge is 0.385 e. The van der Waals surface area contributed by atoms with E-state index in [0.29, 0.717) is 11.5 Å². The van der Waals surface area contributed by atoms with Crippen molar-refractivity contribution >= 4 is 15.7 Å². The summed E-state index contributed by atoms with van der Waals surface area (Å²) in [6, 6.07) is 8.36. The lowest BCUT2D eigenvalue weighted by atomic mass is 10.3. The molecule has 1 aromatic heterocycles. The number of hydrogen-bond donors (Lipinski definition) is 2. The second-order valence-electron chi connectivity index (χ2n) is 4.70. The van der Waals surface area contributed by atoms with Gasteiger partial charge < -0.3 is 9.84 Å². The van der Waals surface area contributed by atoms with Crippen molar-refractivity contribution in [2.75, 3.05) is 11.9 Å². The topological polar surface area (TPSA) is 84.2 Å². The SMILES string of the molecule is CCCNc1ccc(S(=O)(=O)NCc2cc(C)on2)cc1. The molecule has 0 atom stereocenters. The summed E-state index contributed by atoms with van der Waals surface area (Å²) < 4.78 is 31.7. The third kappa shape index (κ3) is 4.30. The molecule has 0 saturated carbocycles. The Hall–Kier alpha value is -1.86. The summed E-state index contributed by atoms with van der Waals surface area (Å²) in [7, 11) is -3.55. The molecule has 0 aliphatic heterocycles. The van der Waals surface area contributed by atoms with Crippen LogP contribution in [-0.4, -0.2) is 20.1 Å². The Kier molecular flexibility index (Phi) is 4.98. The summed E-state index contributed by atoms with van der Waals surface area (Å²) in [6.45, 7) is 4.79. The van der Waals surface area contributed by atoms with E-state index in [1.807, 2.05) is 0 Å². The minimum Gasteiger partial charge on any atom is -0.385 e. The molecule has 0 spiro atoms. The lowest BCUT2D eigenvalue weighted by Crippen LogP contribution is -2.23. The predicted octanol–water partition coefficient (Wildman–Crippen LogP) is 2.28. The van der Waals surface area contributed by atoms with E-state index in [1.165, 1.54) is 0 Å². The molecule has 2 aromatic rings. The smallest absolute Gasteiger partial charge is 0.240 e. The van der Waals surface area contributed by atoms with Gasteiger partial charge in [-0.3, -0.25) is 0 Å². The van der Waals surface area contributed by atoms with Crippen LogP contribution >= 0.6 is 0 Å². The fourth-order valence-electron chi connectivity index (χ4n) is 1.77. The molecule has 21 heavy (non-hydrogen) atoms. The van der Waals surface area contributed by atoms with E-state index < -0.39 is 10.0 Å². The second kappa shape index (κ2) is 6.73. The van der Waals surface area contributed by atoms with Crippen molar-refractivity contribution in [2.45, 2.75) is 31.7 Å². The molecule has 0 radical (unpaired) electrons. The van der Waals surface area contributed by atoms with E-state index in [4.69, 9.17) is 4.52 Å². The van der Waals surface area contributed by atoms with Crippen LogP contribution < -0.4 is 10.0 Å². The molecule has 0 bridgehead atoms. The molecule has 0 aliphatic rings. The number of anilines is 1. The van der Waals surface area contributed by atoms with Crippen LogP contribution in [0.25, 0.3) is 0 Å². The maximum Gasteiger partial charge on any atom is 0.240 e. The number of benzene rings is 1. The molecular formula is C14H19N3O3S. The van der Waals surface area contributed by atoms with Gasteiger partial charge in [-0.25, -0.2) is 13.1 Å². The summed E-state index contributed by atoms with van der Waals surface area (Å²) in [6.07, 6.45) is 1.01.